The number of hydrogen-bond donors (Lipinski definition) is 0. The Hall–Kier alpha value is -2.88. The molecule has 0 fully saturated rings. The summed E-state index contributed by atoms with van der Waals surface area (Å²) in [5, 5.41) is 0. The van der Waals surface area contributed by atoms with Crippen LogP contribution in [0.2, 0.25) is 0 Å². The molecule has 24 heavy (non-hydrogen) atoms. The molecule has 0 spiro atoms. The van der Waals surface area contributed by atoms with Crippen LogP contribution in [0.15, 0.2) is 78.3 Å². The molecule has 2 atom stereocenters. The van der Waals surface area contributed by atoms with Crippen molar-refractivity contribution in [1.82, 2.24) is 0 Å². The van der Waals surface area contributed by atoms with E-state index in [1.165, 1.54) is 7.11 Å². The zero-order valence-corrected chi connectivity index (χ0v) is 13.5. The average Bonchev–Trinajstić information content (AvgIpc) is 3.03. The maximum Gasteiger partial charge on any atom is 0.338 e. The lowest BCUT2D eigenvalue weighted by Gasteiger charge is -2.28. The van der Waals surface area contributed by atoms with Crippen molar-refractivity contribution in [3.8, 4) is 0 Å². The molecule has 0 aromatic heterocycles. The van der Waals surface area contributed by atoms with Crippen LogP contribution in [0.1, 0.15) is 23.7 Å². The Bertz CT molecular complexity index is 755. The standard InChI is InChI=1S/C20H19NO3/c1-3-14-20(19(22)23-2)17(15-10-6-4-7-11-15)24-18(21-20)16-12-8-5-9-13-16/h3-13,17H,1,14H2,2H3/t17-,20+/m0/s1. The van der Waals surface area contributed by atoms with Gasteiger partial charge in [0.05, 0.1) is 7.11 Å². The number of rotatable bonds is 5. The first-order valence-corrected chi connectivity index (χ1v) is 7.77. The zero-order chi connectivity index (χ0) is 17.0. The number of carbonyl (C=O) groups excluding carboxylic acids is 1. The zero-order valence-electron chi connectivity index (χ0n) is 13.5. The van der Waals surface area contributed by atoms with E-state index in [4.69, 9.17) is 9.47 Å². The van der Waals surface area contributed by atoms with Crippen molar-refractivity contribution in [2.24, 2.45) is 4.99 Å². The van der Waals surface area contributed by atoms with Gasteiger partial charge in [0.2, 0.25) is 11.4 Å². The van der Waals surface area contributed by atoms with Crippen LogP contribution in [0.3, 0.4) is 0 Å². The number of methoxy groups -OCH3 is 1. The summed E-state index contributed by atoms with van der Waals surface area (Å²) >= 11 is 0. The van der Waals surface area contributed by atoms with Crippen LogP contribution < -0.4 is 0 Å². The van der Waals surface area contributed by atoms with Crippen LogP contribution in [-0.4, -0.2) is 24.5 Å². The Balaban J connectivity index is 2.11. The lowest BCUT2D eigenvalue weighted by atomic mass is 9.85. The fourth-order valence-electron chi connectivity index (χ4n) is 2.95. The first-order chi connectivity index (χ1) is 11.7. The third-order valence-electron chi connectivity index (χ3n) is 4.08. The van der Waals surface area contributed by atoms with Crippen molar-refractivity contribution in [3.63, 3.8) is 0 Å². The molecule has 3 rings (SSSR count). The summed E-state index contributed by atoms with van der Waals surface area (Å²) in [6.45, 7) is 3.78. The summed E-state index contributed by atoms with van der Waals surface area (Å²) in [6.07, 6.45) is 1.45. The van der Waals surface area contributed by atoms with Crippen molar-refractivity contribution in [1.29, 1.82) is 0 Å². The third kappa shape index (κ3) is 2.71. The van der Waals surface area contributed by atoms with Gasteiger partial charge in [-0.25, -0.2) is 9.79 Å². The largest absolute Gasteiger partial charge is 0.467 e. The molecule has 0 saturated heterocycles. The molecule has 4 nitrogen and oxygen atoms in total. The molecular formula is C20H19NO3. The van der Waals surface area contributed by atoms with Gasteiger partial charge in [-0.05, 0) is 17.7 Å². The minimum absolute atomic E-state index is 0.329. The maximum absolute atomic E-state index is 12.6. The van der Waals surface area contributed by atoms with E-state index >= 15 is 0 Å². The van der Waals surface area contributed by atoms with E-state index in [1.54, 1.807) is 6.08 Å². The summed E-state index contributed by atoms with van der Waals surface area (Å²) in [7, 11) is 1.37. The molecule has 0 bridgehead atoms. The van der Waals surface area contributed by atoms with E-state index in [1.807, 2.05) is 60.7 Å². The van der Waals surface area contributed by atoms with E-state index in [0.717, 1.165) is 11.1 Å². The number of hydrogen-bond acceptors (Lipinski definition) is 4. The molecule has 1 heterocycles. The quantitative estimate of drug-likeness (QED) is 0.623. The summed E-state index contributed by atoms with van der Waals surface area (Å²) < 4.78 is 11.2. The summed E-state index contributed by atoms with van der Waals surface area (Å²) in [5.41, 5.74) is 0.538. The van der Waals surface area contributed by atoms with Crippen LogP contribution in [0.5, 0.6) is 0 Å². The van der Waals surface area contributed by atoms with Crippen LogP contribution in [-0.2, 0) is 14.3 Å². The van der Waals surface area contributed by atoms with E-state index in [9.17, 15) is 4.79 Å². The topological polar surface area (TPSA) is 47.9 Å². The normalized spacial score (nSPS) is 22.4. The number of carbonyl (C=O) groups is 1. The van der Waals surface area contributed by atoms with E-state index in [0.29, 0.717) is 12.3 Å². The Labute approximate surface area is 141 Å². The molecule has 4 heteroatoms. The molecule has 0 radical (unpaired) electrons. The molecule has 0 amide bonds. The number of nitrogens with zero attached hydrogens (tertiary/aromatic N) is 1. The first-order valence-electron chi connectivity index (χ1n) is 7.77. The predicted molar refractivity (Wildman–Crippen MR) is 92.8 cm³/mol. The molecule has 0 saturated carbocycles. The van der Waals surface area contributed by atoms with Gasteiger partial charge >= 0.3 is 5.97 Å². The predicted octanol–water partition coefficient (Wildman–Crippen LogP) is 3.69. The van der Waals surface area contributed by atoms with Gasteiger partial charge in [-0.2, -0.15) is 0 Å². The molecule has 1 aliphatic heterocycles. The monoisotopic (exact) mass is 321 g/mol. The van der Waals surface area contributed by atoms with Gasteiger partial charge in [-0.15, -0.1) is 6.58 Å². The Morgan fingerprint density at radius 1 is 1.21 bits per heavy atom. The van der Waals surface area contributed by atoms with Crippen molar-refractivity contribution < 1.29 is 14.3 Å². The number of esters is 1. The molecule has 122 valence electrons. The maximum atomic E-state index is 12.6. The van der Waals surface area contributed by atoms with Crippen LogP contribution in [0.25, 0.3) is 0 Å². The third-order valence-corrected chi connectivity index (χ3v) is 4.08. The number of ether oxygens (including phenoxy) is 2. The average molecular weight is 321 g/mol. The van der Waals surface area contributed by atoms with Crippen molar-refractivity contribution in [2.75, 3.05) is 7.11 Å². The summed E-state index contributed by atoms with van der Waals surface area (Å²) in [4.78, 5) is 17.3. The molecule has 2 aromatic carbocycles. The lowest BCUT2D eigenvalue weighted by molar-refractivity contribution is -0.149. The van der Waals surface area contributed by atoms with Gasteiger partial charge in [0, 0.05) is 12.0 Å². The van der Waals surface area contributed by atoms with Gasteiger partial charge < -0.3 is 9.47 Å². The highest BCUT2D eigenvalue weighted by molar-refractivity contribution is 5.99. The van der Waals surface area contributed by atoms with Crippen LogP contribution in [0.4, 0.5) is 0 Å². The van der Waals surface area contributed by atoms with E-state index < -0.39 is 17.6 Å². The second-order valence-corrected chi connectivity index (χ2v) is 5.60. The Morgan fingerprint density at radius 2 is 1.83 bits per heavy atom. The second-order valence-electron chi connectivity index (χ2n) is 5.60. The Kier molecular flexibility index (Phi) is 4.47. The molecule has 0 aliphatic carbocycles. The fourth-order valence-corrected chi connectivity index (χ4v) is 2.95. The van der Waals surface area contributed by atoms with Gasteiger partial charge in [0.1, 0.15) is 0 Å². The molecular weight excluding hydrogens is 302 g/mol. The minimum Gasteiger partial charge on any atom is -0.467 e. The van der Waals surface area contributed by atoms with Crippen LogP contribution in [0, 0.1) is 0 Å². The van der Waals surface area contributed by atoms with Crippen molar-refractivity contribution >= 4 is 11.9 Å². The summed E-state index contributed by atoms with van der Waals surface area (Å²) in [5.74, 6) is 0.0129. The second kappa shape index (κ2) is 6.71. The molecule has 0 unspecified atom stereocenters. The van der Waals surface area contributed by atoms with Gasteiger partial charge in [0.25, 0.3) is 0 Å². The van der Waals surface area contributed by atoms with Crippen molar-refractivity contribution in [2.45, 2.75) is 18.1 Å². The highest BCUT2D eigenvalue weighted by atomic mass is 16.5. The van der Waals surface area contributed by atoms with E-state index in [2.05, 4.69) is 11.6 Å². The van der Waals surface area contributed by atoms with Gasteiger partial charge in [-0.1, -0.05) is 54.6 Å². The number of benzene rings is 2. The van der Waals surface area contributed by atoms with Crippen LogP contribution >= 0.6 is 0 Å². The highest BCUT2D eigenvalue weighted by Gasteiger charge is 2.53. The molecule has 2 aromatic rings. The molecule has 1 aliphatic rings. The highest BCUT2D eigenvalue weighted by Crippen LogP contribution is 2.43. The minimum atomic E-state index is -1.16. The lowest BCUT2D eigenvalue weighted by Crippen LogP contribution is -2.41. The first kappa shape index (κ1) is 16.0. The summed E-state index contributed by atoms with van der Waals surface area (Å²) in [6, 6.07) is 19.1. The van der Waals surface area contributed by atoms with Gasteiger partial charge in [-0.3, -0.25) is 0 Å². The Morgan fingerprint density at radius 3 is 2.42 bits per heavy atom. The smallest absolute Gasteiger partial charge is 0.338 e. The van der Waals surface area contributed by atoms with Crippen molar-refractivity contribution in [3.05, 3.63) is 84.4 Å². The SMILES string of the molecule is C=CC[C@@]1(C(=O)OC)N=C(c2ccccc2)O[C@H]1c1ccccc1. The number of aliphatic imine (C=N–C) groups is 1. The van der Waals surface area contributed by atoms with E-state index in [-0.39, 0.29) is 0 Å². The molecule has 0 N–H and O–H groups in total. The fraction of sp³-hybridized carbons (Fsp3) is 0.200. The van der Waals surface area contributed by atoms with Gasteiger partial charge in [0.15, 0.2) is 6.10 Å².